The lowest BCUT2D eigenvalue weighted by atomic mass is 10.2. The zero-order chi connectivity index (χ0) is 16.3. The molecule has 1 fully saturated rings. The molecule has 0 bridgehead atoms. The van der Waals surface area contributed by atoms with Crippen molar-refractivity contribution in [1.29, 1.82) is 0 Å². The van der Waals surface area contributed by atoms with E-state index in [9.17, 15) is 13.2 Å². The van der Waals surface area contributed by atoms with E-state index >= 15 is 0 Å². The van der Waals surface area contributed by atoms with Crippen LogP contribution >= 0.6 is 22.9 Å². The van der Waals surface area contributed by atoms with E-state index in [2.05, 4.69) is 5.32 Å². The van der Waals surface area contributed by atoms with Gasteiger partial charge in [-0.15, -0.1) is 11.3 Å². The maximum absolute atomic E-state index is 12.5. The van der Waals surface area contributed by atoms with Crippen LogP contribution in [0.1, 0.15) is 13.8 Å². The van der Waals surface area contributed by atoms with Crippen molar-refractivity contribution in [1.82, 2.24) is 14.5 Å². The van der Waals surface area contributed by atoms with Crippen LogP contribution in [-0.4, -0.2) is 62.3 Å². The average molecular weight is 366 g/mol. The van der Waals surface area contributed by atoms with Crippen molar-refractivity contribution in [3.05, 3.63) is 16.5 Å². The third kappa shape index (κ3) is 3.80. The van der Waals surface area contributed by atoms with E-state index in [0.29, 0.717) is 37.1 Å². The van der Waals surface area contributed by atoms with Crippen molar-refractivity contribution >= 4 is 38.9 Å². The van der Waals surface area contributed by atoms with Gasteiger partial charge in [-0.3, -0.25) is 9.69 Å². The second kappa shape index (κ2) is 7.27. The molecule has 1 amide bonds. The zero-order valence-electron chi connectivity index (χ0n) is 12.6. The van der Waals surface area contributed by atoms with Gasteiger partial charge in [0.05, 0.1) is 10.4 Å². The number of hydrogen-bond acceptors (Lipinski definition) is 5. The normalized spacial score (nSPS) is 19.0. The van der Waals surface area contributed by atoms with Gasteiger partial charge in [0.15, 0.2) is 0 Å². The molecule has 0 saturated carbocycles. The molecular weight excluding hydrogens is 346 g/mol. The zero-order valence-corrected chi connectivity index (χ0v) is 15.0. The van der Waals surface area contributed by atoms with E-state index in [0.717, 1.165) is 11.3 Å². The third-order valence-electron chi connectivity index (χ3n) is 3.69. The molecule has 2 rings (SSSR count). The van der Waals surface area contributed by atoms with Crippen molar-refractivity contribution < 1.29 is 13.2 Å². The summed E-state index contributed by atoms with van der Waals surface area (Å²) in [5.41, 5.74) is 0. The molecule has 0 spiro atoms. The molecule has 124 valence electrons. The van der Waals surface area contributed by atoms with Crippen molar-refractivity contribution in [2.45, 2.75) is 24.1 Å². The second-order valence-corrected chi connectivity index (χ2v) is 8.95. The molecule has 0 radical (unpaired) electrons. The van der Waals surface area contributed by atoms with Crippen molar-refractivity contribution in [2.24, 2.45) is 0 Å². The molecule has 1 aliphatic heterocycles. The Balaban J connectivity index is 1.99. The van der Waals surface area contributed by atoms with Crippen LogP contribution in [0.4, 0.5) is 0 Å². The van der Waals surface area contributed by atoms with E-state index < -0.39 is 10.0 Å². The Labute approximate surface area is 140 Å². The standard InChI is InChI=1S/C13H20ClN3O3S2/c1-3-15-13(18)10(2)16-6-8-17(9-7-16)22(19,20)12-5-4-11(14)21-12/h4-5,10H,3,6-9H2,1-2H3,(H,15,18)/t10-/m1/s1. The average Bonchev–Trinajstić information content (AvgIpc) is 2.94. The SMILES string of the molecule is CCNC(=O)[C@@H](C)N1CCN(S(=O)(=O)c2ccc(Cl)s2)CC1. The fourth-order valence-electron chi connectivity index (χ4n) is 2.38. The summed E-state index contributed by atoms with van der Waals surface area (Å²) in [5.74, 6) is -0.0242. The Morgan fingerprint density at radius 2 is 2.00 bits per heavy atom. The van der Waals surface area contributed by atoms with Crippen LogP contribution in [0.3, 0.4) is 0 Å². The molecule has 22 heavy (non-hydrogen) atoms. The first kappa shape index (κ1) is 17.7. The van der Waals surface area contributed by atoms with E-state index in [1.54, 1.807) is 6.07 Å². The van der Waals surface area contributed by atoms with E-state index in [1.165, 1.54) is 10.4 Å². The maximum atomic E-state index is 12.5. The molecule has 0 unspecified atom stereocenters. The predicted molar refractivity (Wildman–Crippen MR) is 87.8 cm³/mol. The van der Waals surface area contributed by atoms with Gasteiger partial charge >= 0.3 is 0 Å². The van der Waals surface area contributed by atoms with Crippen LogP contribution < -0.4 is 5.32 Å². The quantitative estimate of drug-likeness (QED) is 0.852. The Morgan fingerprint density at radius 3 is 2.50 bits per heavy atom. The molecule has 1 atom stereocenters. The van der Waals surface area contributed by atoms with Gasteiger partial charge in [-0.2, -0.15) is 4.31 Å². The highest BCUT2D eigenvalue weighted by atomic mass is 35.5. The topological polar surface area (TPSA) is 69.7 Å². The molecule has 0 aromatic carbocycles. The van der Waals surface area contributed by atoms with E-state index in [-0.39, 0.29) is 16.2 Å². The minimum atomic E-state index is -3.48. The van der Waals surface area contributed by atoms with E-state index in [4.69, 9.17) is 11.6 Å². The van der Waals surface area contributed by atoms with Crippen LogP contribution in [0.5, 0.6) is 0 Å². The van der Waals surface area contributed by atoms with Crippen molar-refractivity contribution in [2.75, 3.05) is 32.7 Å². The van der Waals surface area contributed by atoms with Gasteiger partial charge in [0.1, 0.15) is 4.21 Å². The molecule has 6 nitrogen and oxygen atoms in total. The lowest BCUT2D eigenvalue weighted by molar-refractivity contribution is -0.126. The summed E-state index contributed by atoms with van der Waals surface area (Å²) in [6, 6.07) is 2.87. The predicted octanol–water partition coefficient (Wildman–Crippen LogP) is 1.23. The summed E-state index contributed by atoms with van der Waals surface area (Å²) in [7, 11) is -3.48. The summed E-state index contributed by atoms with van der Waals surface area (Å²) in [6.45, 7) is 6.14. The molecule has 9 heteroatoms. The molecule has 2 heterocycles. The minimum absolute atomic E-state index is 0.0242. The Hall–Kier alpha value is -0.670. The first-order chi connectivity index (χ1) is 10.4. The number of halogens is 1. The molecule has 1 aliphatic rings. The van der Waals surface area contributed by atoms with Gasteiger partial charge in [0.25, 0.3) is 10.0 Å². The number of sulfonamides is 1. The lowest BCUT2D eigenvalue weighted by Crippen LogP contribution is -2.54. The molecule has 1 aromatic heterocycles. The minimum Gasteiger partial charge on any atom is -0.355 e. The highest BCUT2D eigenvalue weighted by molar-refractivity contribution is 7.91. The number of hydrogen-bond donors (Lipinski definition) is 1. The highest BCUT2D eigenvalue weighted by Crippen LogP contribution is 2.28. The first-order valence-electron chi connectivity index (χ1n) is 7.13. The molecule has 1 saturated heterocycles. The smallest absolute Gasteiger partial charge is 0.252 e. The molecule has 0 aliphatic carbocycles. The van der Waals surface area contributed by atoms with Crippen LogP contribution in [0, 0.1) is 0 Å². The monoisotopic (exact) mass is 365 g/mol. The van der Waals surface area contributed by atoms with Gasteiger partial charge < -0.3 is 5.32 Å². The van der Waals surface area contributed by atoms with Crippen LogP contribution in [-0.2, 0) is 14.8 Å². The molecular formula is C13H20ClN3O3S2. The number of rotatable bonds is 5. The number of piperazine rings is 1. The summed E-state index contributed by atoms with van der Waals surface area (Å²) in [4.78, 5) is 13.8. The second-order valence-electron chi connectivity index (χ2n) is 5.07. The lowest BCUT2D eigenvalue weighted by Gasteiger charge is -2.36. The van der Waals surface area contributed by atoms with Gasteiger partial charge in [0.2, 0.25) is 5.91 Å². The number of carbonyl (C=O) groups is 1. The van der Waals surface area contributed by atoms with Crippen LogP contribution in [0.25, 0.3) is 0 Å². The van der Waals surface area contributed by atoms with Gasteiger partial charge in [-0.25, -0.2) is 8.42 Å². The number of amides is 1. The first-order valence-corrected chi connectivity index (χ1v) is 9.77. The van der Waals surface area contributed by atoms with E-state index in [1.807, 2.05) is 18.7 Å². The maximum Gasteiger partial charge on any atom is 0.252 e. The summed E-state index contributed by atoms with van der Waals surface area (Å²) >= 11 is 6.88. The number of nitrogens with one attached hydrogen (secondary N) is 1. The van der Waals surface area contributed by atoms with Crippen molar-refractivity contribution in [3.8, 4) is 0 Å². The summed E-state index contributed by atoms with van der Waals surface area (Å²) < 4.78 is 27.2. The Morgan fingerprint density at radius 1 is 1.36 bits per heavy atom. The summed E-state index contributed by atoms with van der Waals surface area (Å²) in [6.07, 6.45) is 0. The van der Waals surface area contributed by atoms with Crippen LogP contribution in [0.2, 0.25) is 4.34 Å². The number of likely N-dealkylation sites (N-methyl/N-ethyl adjacent to an activating group) is 1. The number of nitrogens with zero attached hydrogens (tertiary/aromatic N) is 2. The third-order valence-corrected chi connectivity index (χ3v) is 7.29. The number of carbonyl (C=O) groups excluding carboxylic acids is 1. The summed E-state index contributed by atoms with van der Waals surface area (Å²) in [5, 5.41) is 2.79. The van der Waals surface area contributed by atoms with Gasteiger partial charge in [0, 0.05) is 32.7 Å². The van der Waals surface area contributed by atoms with Gasteiger partial charge in [-0.05, 0) is 26.0 Å². The van der Waals surface area contributed by atoms with Crippen LogP contribution in [0.15, 0.2) is 16.3 Å². The molecule has 1 aromatic rings. The number of thiophene rings is 1. The largest absolute Gasteiger partial charge is 0.355 e. The Kier molecular flexibility index (Phi) is 5.84. The highest BCUT2D eigenvalue weighted by Gasteiger charge is 2.32. The Bertz CT molecular complexity index is 624. The fraction of sp³-hybridized carbons (Fsp3) is 0.615. The fourth-order valence-corrected chi connectivity index (χ4v) is 5.44. The van der Waals surface area contributed by atoms with Gasteiger partial charge in [-0.1, -0.05) is 11.6 Å². The van der Waals surface area contributed by atoms with Crippen molar-refractivity contribution in [3.63, 3.8) is 0 Å². The molecule has 1 N–H and O–H groups in total.